The van der Waals surface area contributed by atoms with Crippen molar-refractivity contribution in [2.24, 2.45) is 11.5 Å². The first-order chi connectivity index (χ1) is 8.20. The zero-order valence-electron chi connectivity index (χ0n) is 10.8. The highest BCUT2D eigenvalue weighted by molar-refractivity contribution is 5.75. The van der Waals surface area contributed by atoms with Crippen molar-refractivity contribution in [3.05, 3.63) is 0 Å². The maximum absolute atomic E-state index is 11.2. The third-order valence-corrected chi connectivity index (χ3v) is 2.39. The number of hydrogen-bond donors (Lipinski definition) is 5. The van der Waals surface area contributed by atoms with E-state index >= 15 is 0 Å². The molecule has 6 nitrogen and oxygen atoms in total. The fourth-order valence-electron chi connectivity index (χ4n) is 1.38. The summed E-state index contributed by atoms with van der Waals surface area (Å²) in [7, 11) is 0. The largest absolute Gasteiger partial charge is 0.355 e. The zero-order valence-corrected chi connectivity index (χ0v) is 10.8. The van der Waals surface area contributed by atoms with Crippen LogP contribution >= 0.6 is 0 Å². The molecule has 1 amide bonds. The standard InChI is InChI=1S/C11H27N5O/c1-10(15-8-4-12)2-6-14-7-3-11(17)16-9-5-13/h10,14-15H,2-9,12-13H2,1H3,(H,16,17)/t10-/m0/s1. The number of nitrogens with one attached hydrogen (secondary N) is 3. The van der Waals surface area contributed by atoms with Gasteiger partial charge in [-0.2, -0.15) is 0 Å². The van der Waals surface area contributed by atoms with Crippen LogP contribution in [0.5, 0.6) is 0 Å². The normalized spacial score (nSPS) is 12.4. The summed E-state index contributed by atoms with van der Waals surface area (Å²) in [4.78, 5) is 11.2. The summed E-state index contributed by atoms with van der Waals surface area (Å²) >= 11 is 0. The van der Waals surface area contributed by atoms with Crippen LogP contribution < -0.4 is 27.4 Å². The summed E-state index contributed by atoms with van der Waals surface area (Å²) in [6.07, 6.45) is 1.54. The molecule has 0 heterocycles. The summed E-state index contributed by atoms with van der Waals surface area (Å²) in [6, 6.07) is 0.456. The Morgan fingerprint density at radius 1 is 1.12 bits per heavy atom. The lowest BCUT2D eigenvalue weighted by molar-refractivity contribution is -0.120. The Balaban J connectivity index is 3.25. The molecule has 0 spiro atoms. The second kappa shape index (κ2) is 11.8. The van der Waals surface area contributed by atoms with Crippen molar-refractivity contribution in [3.8, 4) is 0 Å². The third-order valence-electron chi connectivity index (χ3n) is 2.39. The highest BCUT2D eigenvalue weighted by Crippen LogP contribution is 1.87. The van der Waals surface area contributed by atoms with E-state index in [0.29, 0.717) is 38.6 Å². The average molecular weight is 245 g/mol. The van der Waals surface area contributed by atoms with Crippen LogP contribution in [0.4, 0.5) is 0 Å². The number of carbonyl (C=O) groups excluding carboxylic acids is 1. The van der Waals surface area contributed by atoms with E-state index in [2.05, 4.69) is 22.9 Å². The lowest BCUT2D eigenvalue weighted by Gasteiger charge is -2.13. The van der Waals surface area contributed by atoms with E-state index in [9.17, 15) is 4.79 Å². The number of hydrogen-bond acceptors (Lipinski definition) is 5. The molecular formula is C11H27N5O. The Kier molecular flexibility index (Phi) is 11.3. The first-order valence-electron chi connectivity index (χ1n) is 6.31. The maximum Gasteiger partial charge on any atom is 0.221 e. The molecule has 7 N–H and O–H groups in total. The van der Waals surface area contributed by atoms with E-state index < -0.39 is 0 Å². The highest BCUT2D eigenvalue weighted by atomic mass is 16.1. The topological polar surface area (TPSA) is 105 Å². The number of carbonyl (C=O) groups is 1. The van der Waals surface area contributed by atoms with E-state index in [0.717, 1.165) is 19.5 Å². The van der Waals surface area contributed by atoms with Crippen LogP contribution in [-0.4, -0.2) is 51.2 Å². The van der Waals surface area contributed by atoms with Gasteiger partial charge in [0.15, 0.2) is 0 Å². The van der Waals surface area contributed by atoms with Gasteiger partial charge >= 0.3 is 0 Å². The molecule has 0 saturated carbocycles. The van der Waals surface area contributed by atoms with Gasteiger partial charge in [0.05, 0.1) is 0 Å². The molecule has 0 saturated heterocycles. The van der Waals surface area contributed by atoms with Gasteiger partial charge in [0.25, 0.3) is 0 Å². The molecule has 0 unspecified atom stereocenters. The first kappa shape index (κ1) is 16.3. The van der Waals surface area contributed by atoms with Crippen LogP contribution in [0.1, 0.15) is 19.8 Å². The third kappa shape index (κ3) is 11.6. The summed E-state index contributed by atoms with van der Waals surface area (Å²) in [5, 5.41) is 9.27. The fraction of sp³-hybridized carbons (Fsp3) is 0.909. The molecule has 6 heteroatoms. The quantitative estimate of drug-likeness (QED) is 0.281. The van der Waals surface area contributed by atoms with Gasteiger partial charge in [-0.3, -0.25) is 4.79 Å². The molecule has 17 heavy (non-hydrogen) atoms. The Hall–Kier alpha value is -0.690. The maximum atomic E-state index is 11.2. The minimum Gasteiger partial charge on any atom is -0.355 e. The molecule has 0 rings (SSSR count). The van der Waals surface area contributed by atoms with Crippen molar-refractivity contribution in [2.45, 2.75) is 25.8 Å². The van der Waals surface area contributed by atoms with Gasteiger partial charge in [-0.05, 0) is 19.9 Å². The summed E-state index contributed by atoms with van der Waals surface area (Å²) < 4.78 is 0. The van der Waals surface area contributed by atoms with Gasteiger partial charge in [-0.1, -0.05) is 0 Å². The van der Waals surface area contributed by atoms with E-state index in [1.165, 1.54) is 0 Å². The molecule has 0 radical (unpaired) electrons. The molecule has 0 aromatic rings. The molecule has 1 atom stereocenters. The molecule has 0 aliphatic heterocycles. The van der Waals surface area contributed by atoms with Crippen molar-refractivity contribution >= 4 is 5.91 Å². The molecule has 102 valence electrons. The van der Waals surface area contributed by atoms with Crippen molar-refractivity contribution in [3.63, 3.8) is 0 Å². The van der Waals surface area contributed by atoms with Crippen LogP contribution in [-0.2, 0) is 4.79 Å². The Labute approximate surface area is 104 Å². The van der Waals surface area contributed by atoms with E-state index in [1.807, 2.05) is 0 Å². The second-order valence-electron chi connectivity index (χ2n) is 4.07. The number of nitrogens with two attached hydrogens (primary N) is 2. The second-order valence-corrected chi connectivity index (χ2v) is 4.07. The lowest BCUT2D eigenvalue weighted by Crippen LogP contribution is -2.35. The average Bonchev–Trinajstić information content (AvgIpc) is 2.33. The predicted octanol–water partition coefficient (Wildman–Crippen LogP) is -1.63. The molecular weight excluding hydrogens is 218 g/mol. The molecule has 0 aliphatic carbocycles. The minimum atomic E-state index is 0.0530. The molecule has 0 aliphatic rings. The predicted molar refractivity (Wildman–Crippen MR) is 70.7 cm³/mol. The van der Waals surface area contributed by atoms with Crippen LogP contribution in [0.3, 0.4) is 0 Å². The molecule has 0 aromatic heterocycles. The fourth-order valence-corrected chi connectivity index (χ4v) is 1.38. The lowest BCUT2D eigenvalue weighted by atomic mass is 10.2. The van der Waals surface area contributed by atoms with Crippen molar-refractivity contribution in [1.82, 2.24) is 16.0 Å². The molecule has 0 aromatic carbocycles. The van der Waals surface area contributed by atoms with Crippen molar-refractivity contribution < 1.29 is 4.79 Å². The summed E-state index contributed by atoms with van der Waals surface area (Å²) in [5.41, 5.74) is 10.7. The van der Waals surface area contributed by atoms with Gasteiger partial charge in [0.1, 0.15) is 0 Å². The van der Waals surface area contributed by atoms with E-state index in [4.69, 9.17) is 11.5 Å². The van der Waals surface area contributed by atoms with Gasteiger partial charge in [0, 0.05) is 45.2 Å². The number of amides is 1. The molecule has 0 bridgehead atoms. The van der Waals surface area contributed by atoms with Crippen LogP contribution in [0.25, 0.3) is 0 Å². The SMILES string of the molecule is C[C@@H](CCNCCC(=O)NCCN)NCCN. The van der Waals surface area contributed by atoms with E-state index in [1.54, 1.807) is 0 Å². The Bertz CT molecular complexity index is 189. The Morgan fingerprint density at radius 3 is 2.47 bits per heavy atom. The first-order valence-corrected chi connectivity index (χ1v) is 6.31. The van der Waals surface area contributed by atoms with Crippen LogP contribution in [0.2, 0.25) is 0 Å². The minimum absolute atomic E-state index is 0.0530. The van der Waals surface area contributed by atoms with Crippen molar-refractivity contribution in [1.29, 1.82) is 0 Å². The summed E-state index contributed by atoms with van der Waals surface area (Å²) in [5.74, 6) is 0.0530. The van der Waals surface area contributed by atoms with E-state index in [-0.39, 0.29) is 5.91 Å². The van der Waals surface area contributed by atoms with Gasteiger partial charge in [-0.25, -0.2) is 0 Å². The number of rotatable bonds is 11. The van der Waals surface area contributed by atoms with Gasteiger partial charge < -0.3 is 27.4 Å². The highest BCUT2D eigenvalue weighted by Gasteiger charge is 2.01. The van der Waals surface area contributed by atoms with Crippen LogP contribution in [0, 0.1) is 0 Å². The monoisotopic (exact) mass is 245 g/mol. The van der Waals surface area contributed by atoms with Gasteiger partial charge in [-0.15, -0.1) is 0 Å². The molecule has 0 fully saturated rings. The van der Waals surface area contributed by atoms with Crippen molar-refractivity contribution in [2.75, 3.05) is 39.3 Å². The smallest absolute Gasteiger partial charge is 0.221 e. The summed E-state index contributed by atoms with van der Waals surface area (Å²) in [6.45, 7) is 6.30. The van der Waals surface area contributed by atoms with Crippen LogP contribution in [0.15, 0.2) is 0 Å². The van der Waals surface area contributed by atoms with Gasteiger partial charge in [0.2, 0.25) is 5.91 Å². The Morgan fingerprint density at radius 2 is 1.82 bits per heavy atom. The zero-order chi connectivity index (χ0) is 12.9.